The van der Waals surface area contributed by atoms with E-state index in [0.29, 0.717) is 34.7 Å². The van der Waals surface area contributed by atoms with Gasteiger partial charge in [-0.05, 0) is 76.1 Å². The van der Waals surface area contributed by atoms with E-state index in [9.17, 15) is 14.7 Å². The Balaban J connectivity index is 0.000000461. The van der Waals surface area contributed by atoms with Crippen molar-refractivity contribution in [2.45, 2.75) is 65.4 Å². The number of aliphatic hydroxyl groups is 1. The van der Waals surface area contributed by atoms with Gasteiger partial charge in [-0.1, -0.05) is 36.9 Å². The zero-order valence-corrected chi connectivity index (χ0v) is 24.6. The molecule has 5 rings (SSSR count). The number of hydrogen-bond donors (Lipinski definition) is 2. The number of nitrogens with zero attached hydrogens (tertiary/aromatic N) is 5. The van der Waals surface area contributed by atoms with E-state index in [4.69, 9.17) is 16.7 Å². The molecule has 3 fully saturated rings. The second-order valence-corrected chi connectivity index (χ2v) is 11.8. The summed E-state index contributed by atoms with van der Waals surface area (Å²) in [5.41, 5.74) is 3.60. The van der Waals surface area contributed by atoms with Gasteiger partial charge in [0.1, 0.15) is 6.33 Å². The number of amides is 2. The molecule has 1 aliphatic carbocycles. The van der Waals surface area contributed by atoms with Gasteiger partial charge in [0.25, 0.3) is 5.91 Å². The molecule has 0 bridgehead atoms. The summed E-state index contributed by atoms with van der Waals surface area (Å²) in [4.78, 5) is 38.9. The first kappa shape index (κ1) is 30.2. The van der Waals surface area contributed by atoms with E-state index in [2.05, 4.69) is 14.9 Å². The van der Waals surface area contributed by atoms with E-state index in [1.165, 1.54) is 30.5 Å². The summed E-state index contributed by atoms with van der Waals surface area (Å²) >= 11 is 6.18. The summed E-state index contributed by atoms with van der Waals surface area (Å²) in [6, 6.07) is 5.34. The van der Waals surface area contributed by atoms with Crippen LogP contribution in [0.25, 0.3) is 0 Å². The van der Waals surface area contributed by atoms with E-state index in [1.54, 1.807) is 12.1 Å². The number of carboxylic acid groups (broad SMARTS) is 1. The minimum atomic E-state index is -0.974. The highest BCUT2D eigenvalue weighted by atomic mass is 35.5. The molecule has 2 aliphatic heterocycles. The van der Waals surface area contributed by atoms with E-state index < -0.39 is 6.09 Å². The van der Waals surface area contributed by atoms with Gasteiger partial charge in [0.15, 0.2) is 0 Å². The highest BCUT2D eigenvalue weighted by Crippen LogP contribution is 2.32. The zero-order chi connectivity index (χ0) is 28.8. The molecule has 3 aliphatic rings. The largest absolute Gasteiger partial charge is 0.465 e. The van der Waals surface area contributed by atoms with E-state index in [0.717, 1.165) is 68.9 Å². The fraction of sp³-hybridized carbons (Fsp3) is 0.600. The van der Waals surface area contributed by atoms with Crippen LogP contribution in [0, 0.1) is 32.6 Å². The Morgan fingerprint density at radius 2 is 1.62 bits per heavy atom. The quantitative estimate of drug-likeness (QED) is 0.505. The molecule has 2 amide bonds. The molecule has 2 saturated heterocycles. The van der Waals surface area contributed by atoms with Crippen LogP contribution in [0.5, 0.6) is 0 Å². The minimum absolute atomic E-state index is 0.0282. The molecule has 1 saturated carbocycles. The smallest absolute Gasteiger partial charge is 0.411 e. The maximum Gasteiger partial charge on any atom is 0.411 e. The van der Waals surface area contributed by atoms with Crippen LogP contribution < -0.4 is 4.90 Å². The summed E-state index contributed by atoms with van der Waals surface area (Å²) in [5, 5.41) is 19.1. The number of halogens is 1. The van der Waals surface area contributed by atoms with Gasteiger partial charge in [-0.25, -0.2) is 14.8 Å². The molecule has 3 heterocycles. The number of aliphatic hydroxyl groups excluding tert-OH is 1. The van der Waals surface area contributed by atoms with Crippen molar-refractivity contribution in [1.82, 2.24) is 19.8 Å². The van der Waals surface area contributed by atoms with Crippen LogP contribution in [-0.4, -0.2) is 87.4 Å². The average Bonchev–Trinajstić information content (AvgIpc) is 3.48. The van der Waals surface area contributed by atoms with Crippen molar-refractivity contribution in [3.05, 3.63) is 52.1 Å². The molecule has 2 N–H and O–H groups in total. The topological polar surface area (TPSA) is 110 Å². The third kappa shape index (κ3) is 7.50. The molecule has 1 aromatic carbocycles. The van der Waals surface area contributed by atoms with Crippen LogP contribution in [0.2, 0.25) is 5.02 Å². The fourth-order valence-electron chi connectivity index (χ4n) is 6.12. The Morgan fingerprint density at radius 3 is 2.15 bits per heavy atom. The van der Waals surface area contributed by atoms with Crippen LogP contribution in [0.1, 0.15) is 65.8 Å². The van der Waals surface area contributed by atoms with Crippen LogP contribution in [0.15, 0.2) is 24.5 Å². The van der Waals surface area contributed by atoms with Gasteiger partial charge in [-0.15, -0.1) is 0 Å². The van der Waals surface area contributed by atoms with E-state index in [-0.39, 0.29) is 12.0 Å². The minimum Gasteiger partial charge on any atom is -0.465 e. The lowest BCUT2D eigenvalue weighted by molar-refractivity contribution is 0.0771. The molecule has 40 heavy (non-hydrogen) atoms. The summed E-state index contributed by atoms with van der Waals surface area (Å²) in [6.45, 7) is 10.2. The maximum absolute atomic E-state index is 13.1. The number of hydrogen-bond acceptors (Lipinski definition) is 6. The third-order valence-electron chi connectivity index (χ3n) is 8.42. The number of rotatable bonds is 6. The summed E-state index contributed by atoms with van der Waals surface area (Å²) in [7, 11) is 0. The molecule has 2 atom stereocenters. The average molecular weight is 572 g/mol. The van der Waals surface area contributed by atoms with Gasteiger partial charge < -0.3 is 20.0 Å². The monoisotopic (exact) mass is 571 g/mol. The number of likely N-dealkylation sites (tertiary alicyclic amines) is 2. The lowest BCUT2D eigenvalue weighted by Gasteiger charge is -2.24. The highest BCUT2D eigenvalue weighted by Gasteiger charge is 2.42. The summed E-state index contributed by atoms with van der Waals surface area (Å²) in [6.07, 6.45) is 7.18. The van der Waals surface area contributed by atoms with Gasteiger partial charge in [-0.2, -0.15) is 0 Å². The Morgan fingerprint density at radius 1 is 1.00 bits per heavy atom. The SMILES string of the molecule is Cc1ccc(N(CCCN2CC3CN(C(=O)c4c(C)ncnc4C)CC3C2)C(=O)O)cc1Cl.OC1CCCCC1. The molecule has 2 unspecified atom stereocenters. The number of aryl methyl sites for hydroxylation is 3. The first-order valence-corrected chi connectivity index (χ1v) is 14.8. The van der Waals surface area contributed by atoms with Crippen LogP contribution in [-0.2, 0) is 0 Å². The van der Waals surface area contributed by atoms with Crippen molar-refractivity contribution in [2.24, 2.45) is 11.8 Å². The van der Waals surface area contributed by atoms with Crippen molar-refractivity contribution in [3.8, 4) is 0 Å². The van der Waals surface area contributed by atoms with E-state index in [1.807, 2.05) is 31.7 Å². The Bertz CT molecular complexity index is 1150. The molecule has 0 radical (unpaired) electrons. The Kier molecular flexibility index (Phi) is 10.4. The van der Waals surface area contributed by atoms with Crippen LogP contribution in [0.3, 0.4) is 0 Å². The molecule has 0 spiro atoms. The van der Waals surface area contributed by atoms with Crippen molar-refractivity contribution < 1.29 is 19.8 Å². The summed E-state index contributed by atoms with van der Waals surface area (Å²) in [5.74, 6) is 0.928. The normalized spacial score (nSPS) is 21.1. The molecule has 218 valence electrons. The lowest BCUT2D eigenvalue weighted by atomic mass is 9.98. The van der Waals surface area contributed by atoms with Gasteiger partial charge in [0.05, 0.1) is 23.1 Å². The van der Waals surface area contributed by atoms with Crippen LogP contribution in [0.4, 0.5) is 10.5 Å². The molecule has 9 nitrogen and oxygen atoms in total. The predicted molar refractivity (Wildman–Crippen MR) is 156 cm³/mol. The number of carbonyl (C=O) groups excluding carboxylic acids is 1. The highest BCUT2D eigenvalue weighted by molar-refractivity contribution is 6.31. The number of aromatic nitrogens is 2. The molecule has 10 heteroatoms. The van der Waals surface area contributed by atoms with Gasteiger partial charge in [0, 0.05) is 43.4 Å². The van der Waals surface area contributed by atoms with Gasteiger partial charge in [0.2, 0.25) is 0 Å². The third-order valence-corrected chi connectivity index (χ3v) is 8.83. The first-order chi connectivity index (χ1) is 19.1. The van der Waals surface area contributed by atoms with Crippen LogP contribution >= 0.6 is 11.6 Å². The Hall–Kier alpha value is -2.75. The maximum atomic E-state index is 13.1. The lowest BCUT2D eigenvalue weighted by Crippen LogP contribution is -2.36. The number of benzene rings is 1. The number of carbonyl (C=O) groups is 2. The zero-order valence-electron chi connectivity index (χ0n) is 23.9. The van der Waals surface area contributed by atoms with Crippen molar-refractivity contribution >= 4 is 29.3 Å². The first-order valence-electron chi connectivity index (χ1n) is 14.4. The van der Waals surface area contributed by atoms with Gasteiger partial charge in [-0.3, -0.25) is 9.69 Å². The second-order valence-electron chi connectivity index (χ2n) is 11.4. The molecule has 1 aromatic heterocycles. The number of fused-ring (bicyclic) bond motifs is 1. The molecule has 2 aromatic rings. The van der Waals surface area contributed by atoms with Crippen molar-refractivity contribution in [3.63, 3.8) is 0 Å². The van der Waals surface area contributed by atoms with Crippen molar-refractivity contribution in [2.75, 3.05) is 44.2 Å². The van der Waals surface area contributed by atoms with Gasteiger partial charge >= 0.3 is 6.09 Å². The standard InChI is InChI=1S/C24H30ClN5O3.C6H12O/c1-15-5-6-20(9-21(15)25)30(24(32)33)8-4-7-28-10-18-12-29(13-19(18)11-28)23(31)22-16(2)26-14-27-17(22)3;7-6-4-2-1-3-5-6/h5-6,9,14,18-19H,4,7-8,10-13H2,1-3H3,(H,32,33);6-7H,1-5H2. The fourth-order valence-corrected chi connectivity index (χ4v) is 6.29. The summed E-state index contributed by atoms with van der Waals surface area (Å²) < 4.78 is 0. The van der Waals surface area contributed by atoms with Crippen molar-refractivity contribution in [1.29, 1.82) is 0 Å². The number of anilines is 1. The second kappa shape index (κ2) is 13.7. The Labute approximate surface area is 242 Å². The predicted octanol–water partition coefficient (Wildman–Crippen LogP) is 4.95. The van der Waals surface area contributed by atoms with E-state index >= 15 is 0 Å². The molecular formula is C30H42ClN5O4. The molecular weight excluding hydrogens is 530 g/mol.